The average molecular weight is 380 g/mol. The highest BCUT2D eigenvalue weighted by Crippen LogP contribution is 2.32. The first-order valence-corrected chi connectivity index (χ1v) is 9.07. The van der Waals surface area contributed by atoms with Crippen molar-refractivity contribution in [1.29, 1.82) is 0 Å². The van der Waals surface area contributed by atoms with Crippen LogP contribution in [0.4, 0.5) is 4.79 Å². The number of rotatable bonds is 10. The SMILES string of the molecule is C=NCC(=O)CCCC(=O)CNC(=O)OC1/C=C/CCC(C)(C(=O)O)CC1. The monoisotopic (exact) mass is 380 g/mol. The molecule has 2 N–H and O–H groups in total. The Kier molecular flexibility index (Phi) is 9.39. The lowest BCUT2D eigenvalue weighted by Crippen LogP contribution is -2.34. The van der Waals surface area contributed by atoms with Crippen LogP contribution in [0.2, 0.25) is 0 Å². The summed E-state index contributed by atoms with van der Waals surface area (Å²) in [5, 5.41) is 11.7. The van der Waals surface area contributed by atoms with Crippen molar-refractivity contribution in [3.63, 3.8) is 0 Å². The molecule has 1 amide bonds. The van der Waals surface area contributed by atoms with Gasteiger partial charge in [-0.2, -0.15) is 0 Å². The number of allylic oxidation sites excluding steroid dienone is 1. The fraction of sp³-hybridized carbons (Fsp3) is 0.632. The zero-order valence-electron chi connectivity index (χ0n) is 15.7. The van der Waals surface area contributed by atoms with Crippen LogP contribution in [0.5, 0.6) is 0 Å². The highest BCUT2D eigenvalue weighted by molar-refractivity contribution is 5.85. The predicted octanol–water partition coefficient (Wildman–Crippen LogP) is 2.31. The number of nitrogens with one attached hydrogen (secondary N) is 1. The number of aliphatic imine (C=N–C) groups is 1. The molecule has 1 aliphatic carbocycles. The van der Waals surface area contributed by atoms with Crippen LogP contribution < -0.4 is 5.32 Å². The van der Waals surface area contributed by atoms with Crippen molar-refractivity contribution >= 4 is 30.3 Å². The summed E-state index contributed by atoms with van der Waals surface area (Å²) in [5.74, 6) is -1.12. The molecular formula is C19H28N2O6. The molecule has 0 aromatic heterocycles. The van der Waals surface area contributed by atoms with Crippen LogP contribution in [0, 0.1) is 5.41 Å². The van der Waals surface area contributed by atoms with Crippen molar-refractivity contribution < 1.29 is 29.0 Å². The summed E-state index contributed by atoms with van der Waals surface area (Å²) in [6, 6.07) is 0. The van der Waals surface area contributed by atoms with Gasteiger partial charge in [0.05, 0.1) is 18.5 Å². The molecule has 0 saturated heterocycles. The van der Waals surface area contributed by atoms with Crippen LogP contribution in [-0.2, 0) is 19.1 Å². The number of aliphatic carboxylic acids is 1. The lowest BCUT2D eigenvalue weighted by molar-refractivity contribution is -0.149. The van der Waals surface area contributed by atoms with Gasteiger partial charge >= 0.3 is 12.1 Å². The van der Waals surface area contributed by atoms with E-state index in [9.17, 15) is 24.3 Å². The highest BCUT2D eigenvalue weighted by atomic mass is 16.6. The van der Waals surface area contributed by atoms with Crippen molar-refractivity contribution in [3.8, 4) is 0 Å². The minimum absolute atomic E-state index is 0.0502. The van der Waals surface area contributed by atoms with Gasteiger partial charge in [-0.15, -0.1) is 0 Å². The Bertz CT molecular complexity index is 601. The summed E-state index contributed by atoms with van der Waals surface area (Å²) < 4.78 is 5.27. The Balaban J connectivity index is 2.33. The number of carboxylic acid groups (broad SMARTS) is 1. The van der Waals surface area contributed by atoms with Crippen LogP contribution in [0.1, 0.15) is 51.9 Å². The van der Waals surface area contributed by atoms with Crippen LogP contribution in [0.25, 0.3) is 0 Å². The number of carbonyl (C=O) groups is 4. The van der Waals surface area contributed by atoms with Crippen LogP contribution in [0.3, 0.4) is 0 Å². The lowest BCUT2D eigenvalue weighted by Gasteiger charge is -2.27. The van der Waals surface area contributed by atoms with Gasteiger partial charge in [0.2, 0.25) is 0 Å². The normalized spacial score (nSPS) is 23.4. The molecule has 0 aromatic rings. The third kappa shape index (κ3) is 8.61. The van der Waals surface area contributed by atoms with Gasteiger partial charge in [-0.1, -0.05) is 6.08 Å². The van der Waals surface area contributed by atoms with Gasteiger partial charge in [0, 0.05) is 12.8 Å². The molecule has 0 aliphatic heterocycles. The van der Waals surface area contributed by atoms with E-state index in [-0.39, 0.29) is 37.5 Å². The Morgan fingerprint density at radius 2 is 1.96 bits per heavy atom. The molecule has 2 unspecified atom stereocenters. The minimum atomic E-state index is -0.853. The molecule has 0 radical (unpaired) electrons. The molecule has 0 bridgehead atoms. The predicted molar refractivity (Wildman–Crippen MR) is 99.9 cm³/mol. The lowest BCUT2D eigenvalue weighted by atomic mass is 9.79. The van der Waals surface area contributed by atoms with E-state index in [0.717, 1.165) is 0 Å². The third-order valence-corrected chi connectivity index (χ3v) is 4.60. The van der Waals surface area contributed by atoms with E-state index in [0.29, 0.717) is 32.1 Å². The largest absolute Gasteiger partial charge is 0.481 e. The Morgan fingerprint density at radius 3 is 2.63 bits per heavy atom. The Labute approximate surface area is 159 Å². The van der Waals surface area contributed by atoms with E-state index in [1.165, 1.54) is 0 Å². The first-order chi connectivity index (χ1) is 12.8. The maximum absolute atomic E-state index is 11.9. The number of Topliss-reactive ketones (excluding diaryl/α,β-unsaturated/α-hetero) is 2. The number of hydrogen-bond donors (Lipinski definition) is 2. The number of ketones is 2. The maximum Gasteiger partial charge on any atom is 0.408 e. The topological polar surface area (TPSA) is 122 Å². The molecule has 150 valence electrons. The van der Waals surface area contributed by atoms with Crippen LogP contribution in [-0.4, -0.2) is 54.6 Å². The Morgan fingerprint density at radius 1 is 1.26 bits per heavy atom. The standard InChI is InChI=1S/C19H28N2O6/c1-19(17(24)25)10-4-3-8-16(9-11-19)27-18(26)21-13-15(23)7-5-6-14(22)12-20-2/h3,8,16H,2,4-7,9-13H2,1H3,(H,21,26)(H,24,25)/b8-3+. The van der Waals surface area contributed by atoms with Gasteiger partial charge < -0.3 is 15.2 Å². The number of amides is 1. The summed E-state index contributed by atoms with van der Waals surface area (Å²) in [4.78, 5) is 49.8. The molecular weight excluding hydrogens is 352 g/mol. The van der Waals surface area contributed by atoms with Crippen molar-refractivity contribution in [2.45, 2.75) is 58.0 Å². The van der Waals surface area contributed by atoms with Crippen LogP contribution in [0.15, 0.2) is 17.1 Å². The zero-order chi connectivity index (χ0) is 20.3. The second-order valence-electron chi connectivity index (χ2n) is 6.98. The summed E-state index contributed by atoms with van der Waals surface area (Å²) in [6.45, 7) is 4.81. The summed E-state index contributed by atoms with van der Waals surface area (Å²) in [6.07, 6.45) is 5.11. The number of nitrogens with zero attached hydrogens (tertiary/aromatic N) is 1. The van der Waals surface area contributed by atoms with E-state index in [1.54, 1.807) is 13.0 Å². The van der Waals surface area contributed by atoms with Crippen molar-refractivity contribution in [2.75, 3.05) is 13.1 Å². The van der Waals surface area contributed by atoms with E-state index < -0.39 is 23.6 Å². The number of ether oxygens (including phenoxy) is 1. The molecule has 8 heteroatoms. The fourth-order valence-corrected chi connectivity index (χ4v) is 2.77. The maximum atomic E-state index is 11.9. The number of carboxylic acids is 1. The molecule has 0 spiro atoms. The fourth-order valence-electron chi connectivity index (χ4n) is 2.77. The van der Waals surface area contributed by atoms with Crippen molar-refractivity contribution in [1.82, 2.24) is 5.32 Å². The molecule has 0 heterocycles. The molecule has 2 atom stereocenters. The summed E-state index contributed by atoms with van der Waals surface area (Å²) in [7, 11) is 0. The van der Waals surface area contributed by atoms with Crippen molar-refractivity contribution in [2.24, 2.45) is 10.4 Å². The molecule has 0 aromatic carbocycles. The smallest absolute Gasteiger partial charge is 0.408 e. The number of alkyl carbamates (subject to hydrolysis) is 1. The zero-order valence-corrected chi connectivity index (χ0v) is 15.7. The number of hydrogen-bond acceptors (Lipinski definition) is 6. The van der Waals surface area contributed by atoms with Crippen LogP contribution >= 0.6 is 0 Å². The quantitative estimate of drug-likeness (QED) is 0.443. The van der Waals surface area contributed by atoms with Crippen molar-refractivity contribution in [3.05, 3.63) is 12.2 Å². The Hall–Kier alpha value is -2.51. The first-order valence-electron chi connectivity index (χ1n) is 9.07. The molecule has 0 saturated carbocycles. The van der Waals surface area contributed by atoms with E-state index >= 15 is 0 Å². The average Bonchev–Trinajstić information content (AvgIpc) is 2.59. The second kappa shape index (κ2) is 11.3. The first kappa shape index (κ1) is 22.5. The van der Waals surface area contributed by atoms with Gasteiger partial charge in [0.1, 0.15) is 6.10 Å². The second-order valence-corrected chi connectivity index (χ2v) is 6.98. The summed E-state index contributed by atoms with van der Waals surface area (Å²) >= 11 is 0. The van der Waals surface area contributed by atoms with Gasteiger partial charge in [0.15, 0.2) is 11.6 Å². The molecule has 1 aliphatic rings. The number of carbonyl (C=O) groups excluding carboxylic acids is 3. The molecule has 1 rings (SSSR count). The summed E-state index contributed by atoms with van der Waals surface area (Å²) in [5.41, 5.74) is -0.836. The van der Waals surface area contributed by atoms with E-state index in [2.05, 4.69) is 17.0 Å². The minimum Gasteiger partial charge on any atom is -0.481 e. The third-order valence-electron chi connectivity index (χ3n) is 4.60. The van der Waals surface area contributed by atoms with Gasteiger partial charge in [0.25, 0.3) is 0 Å². The molecule has 27 heavy (non-hydrogen) atoms. The van der Waals surface area contributed by atoms with Gasteiger partial charge in [-0.25, -0.2) is 4.79 Å². The van der Waals surface area contributed by atoms with Gasteiger partial charge in [-0.05, 0) is 51.8 Å². The molecule has 0 fully saturated rings. The van der Waals surface area contributed by atoms with Gasteiger partial charge in [-0.3, -0.25) is 19.4 Å². The van der Waals surface area contributed by atoms with E-state index in [4.69, 9.17) is 4.74 Å². The molecule has 8 nitrogen and oxygen atoms in total. The highest BCUT2D eigenvalue weighted by Gasteiger charge is 2.34. The van der Waals surface area contributed by atoms with E-state index in [1.807, 2.05) is 6.08 Å².